The minimum Gasteiger partial charge on any atom is -0.353 e. The summed E-state index contributed by atoms with van der Waals surface area (Å²) in [4.78, 5) is 20.1. The number of guanidine groups is 1. The first-order chi connectivity index (χ1) is 11.0. The third kappa shape index (κ3) is 5.99. The molecule has 1 amide bonds. The second-order valence-corrected chi connectivity index (χ2v) is 6.52. The van der Waals surface area contributed by atoms with E-state index in [9.17, 15) is 4.79 Å². The highest BCUT2D eigenvalue weighted by Crippen LogP contribution is 2.18. The van der Waals surface area contributed by atoms with Crippen LogP contribution in [0.1, 0.15) is 31.4 Å². The molecule has 1 aromatic rings. The Morgan fingerprint density at radius 1 is 1.33 bits per heavy atom. The zero-order chi connectivity index (χ0) is 16.8. The number of aliphatic imine (C=N–C) groups is 1. The quantitative estimate of drug-likeness (QED) is 0.427. The smallest absolute Gasteiger partial charge is 0.243 e. The van der Waals surface area contributed by atoms with Crippen LogP contribution in [0.3, 0.4) is 0 Å². The fraction of sp³-hybridized carbons (Fsp3) is 0.647. The molecule has 0 spiro atoms. The lowest BCUT2D eigenvalue weighted by Crippen LogP contribution is -2.44. The van der Waals surface area contributed by atoms with Crippen LogP contribution in [0.15, 0.2) is 23.3 Å². The van der Waals surface area contributed by atoms with Crippen molar-refractivity contribution in [1.82, 2.24) is 19.7 Å². The summed E-state index contributed by atoms with van der Waals surface area (Å²) < 4.78 is 2.11. The highest BCUT2D eigenvalue weighted by atomic mass is 127. The van der Waals surface area contributed by atoms with Gasteiger partial charge in [0.2, 0.25) is 5.91 Å². The summed E-state index contributed by atoms with van der Waals surface area (Å²) in [5, 5.41) is 3.54. The van der Waals surface area contributed by atoms with E-state index < -0.39 is 0 Å². The normalized spacial score (nSPS) is 15.1. The first-order valence-electron chi connectivity index (χ1n) is 8.30. The van der Waals surface area contributed by atoms with E-state index in [4.69, 9.17) is 0 Å². The summed E-state index contributed by atoms with van der Waals surface area (Å²) in [5.41, 5.74) is 1.22. The number of hydrogen-bond acceptors (Lipinski definition) is 2. The first-order valence-corrected chi connectivity index (χ1v) is 8.30. The molecule has 6 nitrogen and oxygen atoms in total. The fourth-order valence-electron chi connectivity index (χ4n) is 2.79. The molecule has 7 heteroatoms. The molecule has 1 aliphatic carbocycles. The predicted octanol–water partition coefficient (Wildman–Crippen LogP) is 2.05. The number of carbonyl (C=O) groups is 1. The molecule has 0 radical (unpaired) electrons. The molecule has 24 heavy (non-hydrogen) atoms. The molecule has 1 aromatic heterocycles. The van der Waals surface area contributed by atoms with E-state index in [0.717, 1.165) is 12.5 Å². The summed E-state index contributed by atoms with van der Waals surface area (Å²) in [6.07, 6.45) is 6.93. The molecule has 1 heterocycles. The van der Waals surface area contributed by atoms with Crippen LogP contribution in [0.2, 0.25) is 0 Å². The number of hydrogen-bond donors (Lipinski definition) is 1. The minimum atomic E-state index is 0. The predicted molar refractivity (Wildman–Crippen MR) is 109 cm³/mol. The molecule has 0 saturated heterocycles. The minimum absolute atomic E-state index is 0. The van der Waals surface area contributed by atoms with Gasteiger partial charge in [0.1, 0.15) is 6.54 Å². The van der Waals surface area contributed by atoms with Crippen molar-refractivity contribution in [2.45, 2.75) is 38.3 Å². The summed E-state index contributed by atoms with van der Waals surface area (Å²) in [7, 11) is 7.58. The van der Waals surface area contributed by atoms with Gasteiger partial charge in [0.15, 0.2) is 5.96 Å². The monoisotopic (exact) mass is 447 g/mol. The van der Waals surface area contributed by atoms with Crippen molar-refractivity contribution in [3.63, 3.8) is 0 Å². The van der Waals surface area contributed by atoms with Gasteiger partial charge in [-0.25, -0.2) is 4.99 Å². The number of halogens is 1. The van der Waals surface area contributed by atoms with Gasteiger partial charge in [0.05, 0.1) is 6.54 Å². The second kappa shape index (κ2) is 9.90. The van der Waals surface area contributed by atoms with Crippen LogP contribution in [0.4, 0.5) is 0 Å². The Hall–Kier alpha value is -1.25. The fourth-order valence-corrected chi connectivity index (χ4v) is 2.79. The summed E-state index contributed by atoms with van der Waals surface area (Å²) >= 11 is 0. The van der Waals surface area contributed by atoms with Crippen LogP contribution in [0.25, 0.3) is 0 Å². The average molecular weight is 447 g/mol. The van der Waals surface area contributed by atoms with E-state index in [1.165, 1.54) is 31.4 Å². The molecule has 0 aromatic carbocycles. The molecule has 0 bridgehead atoms. The molecule has 1 fully saturated rings. The van der Waals surface area contributed by atoms with Gasteiger partial charge < -0.3 is 19.7 Å². The summed E-state index contributed by atoms with van der Waals surface area (Å²) in [6.45, 7) is 0.942. The van der Waals surface area contributed by atoms with Gasteiger partial charge >= 0.3 is 0 Å². The molecular formula is C17H30IN5O. The van der Waals surface area contributed by atoms with Crippen LogP contribution in [-0.4, -0.2) is 60.0 Å². The standard InChI is InChI=1S/C17H29N5O.HI/c1-20(2)16(23)12-18-17(19-14-8-5-6-9-14)22(4)13-15-10-7-11-21(15)3;/h7,10-11,14H,5-6,8-9,12-13H2,1-4H3,(H,18,19);1H. The zero-order valence-electron chi connectivity index (χ0n) is 15.2. The van der Waals surface area contributed by atoms with Crippen molar-refractivity contribution in [3.8, 4) is 0 Å². The van der Waals surface area contributed by atoms with Crippen molar-refractivity contribution < 1.29 is 4.79 Å². The lowest BCUT2D eigenvalue weighted by molar-refractivity contribution is -0.127. The van der Waals surface area contributed by atoms with Gasteiger partial charge in [-0.05, 0) is 25.0 Å². The lowest BCUT2D eigenvalue weighted by atomic mass is 10.2. The Morgan fingerprint density at radius 3 is 2.54 bits per heavy atom. The van der Waals surface area contributed by atoms with E-state index in [-0.39, 0.29) is 36.4 Å². The third-order valence-electron chi connectivity index (χ3n) is 4.36. The molecule has 0 atom stereocenters. The number of aromatic nitrogens is 1. The average Bonchev–Trinajstić information content (AvgIpc) is 3.15. The first kappa shape index (κ1) is 20.8. The highest BCUT2D eigenvalue weighted by Gasteiger charge is 2.19. The van der Waals surface area contributed by atoms with E-state index in [1.54, 1.807) is 19.0 Å². The number of rotatable bonds is 5. The van der Waals surface area contributed by atoms with Gasteiger partial charge in [-0.15, -0.1) is 24.0 Å². The van der Waals surface area contributed by atoms with Crippen LogP contribution in [0, 0.1) is 0 Å². The van der Waals surface area contributed by atoms with Crippen molar-refractivity contribution in [2.75, 3.05) is 27.7 Å². The van der Waals surface area contributed by atoms with Gasteiger partial charge in [0, 0.05) is 46.1 Å². The Bertz CT molecular complexity index is 549. The lowest BCUT2D eigenvalue weighted by Gasteiger charge is -2.25. The van der Waals surface area contributed by atoms with Gasteiger partial charge in [-0.1, -0.05) is 12.8 Å². The van der Waals surface area contributed by atoms with Gasteiger partial charge in [-0.2, -0.15) is 0 Å². The Labute approximate surface area is 162 Å². The Balaban J connectivity index is 0.00000288. The molecular weight excluding hydrogens is 417 g/mol. The molecule has 1 saturated carbocycles. The Kier molecular flexibility index (Phi) is 8.58. The SMILES string of the molecule is CN(C)C(=O)CN=C(NC1CCCC1)N(C)Cc1cccn1C.I. The van der Waals surface area contributed by atoms with Crippen LogP contribution in [-0.2, 0) is 18.4 Å². The zero-order valence-corrected chi connectivity index (χ0v) is 17.5. The number of aryl methyl sites for hydroxylation is 1. The van der Waals surface area contributed by atoms with E-state index in [1.807, 2.05) is 26.4 Å². The maximum Gasteiger partial charge on any atom is 0.243 e. The maximum absolute atomic E-state index is 11.8. The third-order valence-corrected chi connectivity index (χ3v) is 4.36. The largest absolute Gasteiger partial charge is 0.353 e. The second-order valence-electron chi connectivity index (χ2n) is 6.52. The summed E-state index contributed by atoms with van der Waals surface area (Å²) in [5.74, 6) is 0.830. The number of nitrogens with one attached hydrogen (secondary N) is 1. The summed E-state index contributed by atoms with van der Waals surface area (Å²) in [6, 6.07) is 4.62. The van der Waals surface area contributed by atoms with Crippen molar-refractivity contribution in [2.24, 2.45) is 12.0 Å². The maximum atomic E-state index is 11.8. The van der Waals surface area contributed by atoms with Gasteiger partial charge in [0.25, 0.3) is 0 Å². The van der Waals surface area contributed by atoms with E-state index in [2.05, 4.69) is 25.8 Å². The highest BCUT2D eigenvalue weighted by molar-refractivity contribution is 14.0. The van der Waals surface area contributed by atoms with Gasteiger partial charge in [-0.3, -0.25) is 4.79 Å². The van der Waals surface area contributed by atoms with Crippen molar-refractivity contribution in [3.05, 3.63) is 24.0 Å². The molecule has 0 unspecified atom stereocenters. The number of likely N-dealkylation sites (N-methyl/N-ethyl adjacent to an activating group) is 1. The van der Waals surface area contributed by atoms with E-state index >= 15 is 0 Å². The van der Waals surface area contributed by atoms with Crippen LogP contribution < -0.4 is 5.32 Å². The molecule has 1 N–H and O–H groups in total. The van der Waals surface area contributed by atoms with Crippen LogP contribution >= 0.6 is 24.0 Å². The topological polar surface area (TPSA) is 52.9 Å². The number of nitrogens with zero attached hydrogens (tertiary/aromatic N) is 4. The molecule has 136 valence electrons. The molecule has 0 aliphatic heterocycles. The van der Waals surface area contributed by atoms with E-state index in [0.29, 0.717) is 6.04 Å². The number of amides is 1. The van der Waals surface area contributed by atoms with Crippen molar-refractivity contribution in [1.29, 1.82) is 0 Å². The molecule has 2 rings (SSSR count). The molecule has 1 aliphatic rings. The number of carbonyl (C=O) groups excluding carboxylic acids is 1. The van der Waals surface area contributed by atoms with Crippen LogP contribution in [0.5, 0.6) is 0 Å². The Morgan fingerprint density at radius 2 is 2.00 bits per heavy atom. The van der Waals surface area contributed by atoms with Crippen molar-refractivity contribution >= 4 is 35.8 Å².